The van der Waals surface area contributed by atoms with Gasteiger partial charge in [-0.1, -0.05) is 36.4 Å². The number of amides is 1. The minimum absolute atomic E-state index is 0.0599. The molecule has 0 unspecified atom stereocenters. The van der Waals surface area contributed by atoms with E-state index in [9.17, 15) is 14.3 Å². The fourth-order valence-corrected chi connectivity index (χ4v) is 2.29. The van der Waals surface area contributed by atoms with E-state index in [1.54, 1.807) is 24.3 Å². The van der Waals surface area contributed by atoms with Crippen LogP contribution in [0, 0.1) is 5.82 Å². The van der Waals surface area contributed by atoms with Crippen LogP contribution in [0.3, 0.4) is 0 Å². The average Bonchev–Trinajstić information content (AvgIpc) is 2.53. The number of aromatic hydroxyl groups is 1. The lowest BCUT2D eigenvalue weighted by Gasteiger charge is -2.08. The molecule has 0 atom stereocenters. The maximum Gasteiger partial charge on any atom is 0.255 e. The standard InChI is InChI=1S/C18H14FNO2/c19-15-7-5-12(6-8-15)11-20-18(22)16-9-13-3-1-2-4-14(13)10-17(16)21/h1-10,21H,11H2,(H,20,22). The smallest absolute Gasteiger partial charge is 0.255 e. The Morgan fingerprint density at radius 1 is 1.00 bits per heavy atom. The Morgan fingerprint density at radius 3 is 2.32 bits per heavy atom. The molecule has 0 heterocycles. The first-order valence-corrected chi connectivity index (χ1v) is 6.88. The molecule has 0 aliphatic carbocycles. The van der Waals surface area contributed by atoms with Crippen molar-refractivity contribution in [3.63, 3.8) is 0 Å². The monoisotopic (exact) mass is 295 g/mol. The largest absolute Gasteiger partial charge is 0.507 e. The second-order valence-electron chi connectivity index (χ2n) is 5.03. The Kier molecular flexibility index (Phi) is 3.74. The predicted molar refractivity (Wildman–Crippen MR) is 83.2 cm³/mol. The molecular weight excluding hydrogens is 281 g/mol. The first-order chi connectivity index (χ1) is 10.6. The SMILES string of the molecule is O=C(NCc1ccc(F)cc1)c1cc2ccccc2cc1O. The summed E-state index contributed by atoms with van der Waals surface area (Å²) in [6, 6.07) is 16.6. The van der Waals surface area contributed by atoms with Crippen molar-refractivity contribution in [2.45, 2.75) is 6.54 Å². The van der Waals surface area contributed by atoms with Gasteiger partial charge < -0.3 is 10.4 Å². The van der Waals surface area contributed by atoms with Crippen molar-refractivity contribution in [1.29, 1.82) is 0 Å². The Bertz CT molecular complexity index is 828. The molecule has 2 N–H and O–H groups in total. The van der Waals surface area contributed by atoms with E-state index in [-0.39, 0.29) is 29.6 Å². The number of benzene rings is 3. The Morgan fingerprint density at radius 2 is 1.64 bits per heavy atom. The summed E-state index contributed by atoms with van der Waals surface area (Å²) in [6.45, 7) is 0.269. The highest BCUT2D eigenvalue weighted by atomic mass is 19.1. The number of fused-ring (bicyclic) bond motifs is 1. The van der Waals surface area contributed by atoms with Crippen molar-refractivity contribution < 1.29 is 14.3 Å². The van der Waals surface area contributed by atoms with Crippen molar-refractivity contribution in [3.05, 3.63) is 77.6 Å². The molecular formula is C18H14FNO2. The summed E-state index contributed by atoms with van der Waals surface area (Å²) in [5.74, 6) is -0.745. The van der Waals surface area contributed by atoms with Gasteiger partial charge in [-0.05, 0) is 40.6 Å². The normalized spacial score (nSPS) is 10.6. The van der Waals surface area contributed by atoms with E-state index in [4.69, 9.17) is 0 Å². The Hall–Kier alpha value is -2.88. The molecule has 0 saturated carbocycles. The second kappa shape index (κ2) is 5.85. The lowest BCUT2D eigenvalue weighted by Crippen LogP contribution is -2.22. The molecule has 3 aromatic carbocycles. The molecule has 0 radical (unpaired) electrons. The van der Waals surface area contributed by atoms with E-state index in [1.807, 2.05) is 24.3 Å². The quantitative estimate of drug-likeness (QED) is 0.775. The number of hydrogen-bond donors (Lipinski definition) is 2. The molecule has 22 heavy (non-hydrogen) atoms. The number of carbonyl (C=O) groups is 1. The molecule has 1 amide bonds. The molecule has 110 valence electrons. The number of phenolic OH excluding ortho intramolecular Hbond substituents is 1. The molecule has 0 aliphatic heterocycles. The van der Waals surface area contributed by atoms with Gasteiger partial charge in [0, 0.05) is 6.54 Å². The number of carbonyl (C=O) groups excluding carboxylic acids is 1. The van der Waals surface area contributed by atoms with Gasteiger partial charge in [0.25, 0.3) is 5.91 Å². The highest BCUT2D eigenvalue weighted by Crippen LogP contribution is 2.24. The highest BCUT2D eigenvalue weighted by Gasteiger charge is 2.12. The van der Waals surface area contributed by atoms with Crippen LogP contribution < -0.4 is 5.32 Å². The third-order valence-electron chi connectivity index (χ3n) is 3.47. The molecule has 0 spiro atoms. The molecule has 0 bridgehead atoms. The van der Waals surface area contributed by atoms with Crippen molar-refractivity contribution in [2.24, 2.45) is 0 Å². The van der Waals surface area contributed by atoms with E-state index in [0.29, 0.717) is 0 Å². The highest BCUT2D eigenvalue weighted by molar-refractivity contribution is 6.01. The van der Waals surface area contributed by atoms with Gasteiger partial charge in [-0.3, -0.25) is 4.79 Å². The van der Waals surface area contributed by atoms with Crippen LogP contribution in [-0.4, -0.2) is 11.0 Å². The number of phenols is 1. The lowest BCUT2D eigenvalue weighted by molar-refractivity contribution is 0.0948. The van der Waals surface area contributed by atoms with E-state index in [1.165, 1.54) is 12.1 Å². The van der Waals surface area contributed by atoms with Crippen LogP contribution in [0.2, 0.25) is 0 Å². The van der Waals surface area contributed by atoms with Crippen molar-refractivity contribution >= 4 is 16.7 Å². The van der Waals surface area contributed by atoms with Gasteiger partial charge in [-0.25, -0.2) is 4.39 Å². The third-order valence-corrected chi connectivity index (χ3v) is 3.47. The fraction of sp³-hybridized carbons (Fsp3) is 0.0556. The van der Waals surface area contributed by atoms with E-state index in [0.717, 1.165) is 16.3 Å². The molecule has 3 aromatic rings. The summed E-state index contributed by atoms with van der Waals surface area (Å²) in [6.07, 6.45) is 0. The maximum atomic E-state index is 12.8. The van der Waals surface area contributed by atoms with Gasteiger partial charge in [0.1, 0.15) is 11.6 Å². The topological polar surface area (TPSA) is 49.3 Å². The summed E-state index contributed by atoms with van der Waals surface area (Å²) in [7, 11) is 0. The fourth-order valence-electron chi connectivity index (χ4n) is 2.29. The number of rotatable bonds is 3. The van der Waals surface area contributed by atoms with Crippen LogP contribution in [0.4, 0.5) is 4.39 Å². The minimum Gasteiger partial charge on any atom is -0.507 e. The molecule has 0 fully saturated rings. The third kappa shape index (κ3) is 2.91. The molecule has 3 nitrogen and oxygen atoms in total. The summed E-state index contributed by atoms with van der Waals surface area (Å²) in [5, 5.41) is 14.5. The van der Waals surface area contributed by atoms with Gasteiger partial charge in [0.05, 0.1) is 5.56 Å². The molecule has 0 aromatic heterocycles. The predicted octanol–water partition coefficient (Wildman–Crippen LogP) is 3.61. The van der Waals surface area contributed by atoms with E-state index >= 15 is 0 Å². The Balaban J connectivity index is 1.79. The van der Waals surface area contributed by atoms with E-state index < -0.39 is 0 Å². The van der Waals surface area contributed by atoms with Crippen molar-refractivity contribution in [3.8, 4) is 5.75 Å². The zero-order valence-electron chi connectivity index (χ0n) is 11.7. The van der Waals surface area contributed by atoms with Crippen LogP contribution in [0.5, 0.6) is 5.75 Å². The van der Waals surface area contributed by atoms with Crippen LogP contribution in [0.1, 0.15) is 15.9 Å². The molecule has 0 aliphatic rings. The van der Waals surface area contributed by atoms with Crippen molar-refractivity contribution in [2.75, 3.05) is 0 Å². The summed E-state index contributed by atoms with van der Waals surface area (Å²) < 4.78 is 12.8. The van der Waals surface area contributed by atoms with Crippen LogP contribution in [0.15, 0.2) is 60.7 Å². The van der Waals surface area contributed by atoms with Crippen LogP contribution in [0.25, 0.3) is 10.8 Å². The first-order valence-electron chi connectivity index (χ1n) is 6.88. The van der Waals surface area contributed by atoms with Crippen LogP contribution in [-0.2, 0) is 6.54 Å². The lowest BCUT2D eigenvalue weighted by atomic mass is 10.1. The molecule has 0 saturated heterocycles. The van der Waals surface area contributed by atoms with E-state index in [2.05, 4.69) is 5.32 Å². The molecule has 4 heteroatoms. The summed E-state index contributed by atoms with van der Waals surface area (Å²) in [4.78, 5) is 12.2. The summed E-state index contributed by atoms with van der Waals surface area (Å²) in [5.41, 5.74) is 1.01. The zero-order chi connectivity index (χ0) is 15.5. The summed E-state index contributed by atoms with van der Waals surface area (Å²) >= 11 is 0. The van der Waals surface area contributed by atoms with Gasteiger partial charge >= 0.3 is 0 Å². The van der Waals surface area contributed by atoms with Crippen molar-refractivity contribution in [1.82, 2.24) is 5.32 Å². The van der Waals surface area contributed by atoms with Gasteiger partial charge in [-0.15, -0.1) is 0 Å². The van der Waals surface area contributed by atoms with Gasteiger partial charge in [0.15, 0.2) is 0 Å². The minimum atomic E-state index is -0.368. The molecule has 3 rings (SSSR count). The first kappa shape index (κ1) is 14.1. The number of hydrogen-bond acceptors (Lipinski definition) is 2. The number of nitrogens with one attached hydrogen (secondary N) is 1. The maximum absolute atomic E-state index is 12.8. The van der Waals surface area contributed by atoms with Crippen LogP contribution >= 0.6 is 0 Å². The van der Waals surface area contributed by atoms with Gasteiger partial charge in [0.2, 0.25) is 0 Å². The van der Waals surface area contributed by atoms with Gasteiger partial charge in [-0.2, -0.15) is 0 Å². The zero-order valence-corrected chi connectivity index (χ0v) is 11.7. The second-order valence-corrected chi connectivity index (χ2v) is 5.03. The average molecular weight is 295 g/mol. The number of halogens is 1. The Labute approximate surface area is 127 Å².